The predicted octanol–water partition coefficient (Wildman–Crippen LogP) is 3.31. The number of H-pyrrole nitrogens is 1. The van der Waals surface area contributed by atoms with Crippen LogP contribution in [0.5, 0.6) is 5.75 Å². The number of nitrogens with zero attached hydrogens (tertiary/aromatic N) is 1. The van der Waals surface area contributed by atoms with Crippen LogP contribution in [0.15, 0.2) is 53.8 Å². The van der Waals surface area contributed by atoms with Gasteiger partial charge in [0.1, 0.15) is 5.75 Å². The molecule has 1 amide bonds. The van der Waals surface area contributed by atoms with E-state index in [9.17, 15) is 4.79 Å². The van der Waals surface area contributed by atoms with Crippen LogP contribution in [0.2, 0.25) is 0 Å². The number of amides is 1. The molecule has 122 valence electrons. The number of hydrazone groups is 1. The molecule has 0 bridgehead atoms. The molecule has 2 N–H and O–H groups in total. The van der Waals surface area contributed by atoms with E-state index in [1.54, 1.807) is 6.21 Å². The van der Waals surface area contributed by atoms with Gasteiger partial charge in [0.2, 0.25) is 0 Å². The van der Waals surface area contributed by atoms with E-state index in [1.165, 1.54) is 0 Å². The SMILES string of the molecule is Cc1cccc(C)c1OCC(=O)NN=Cc1c[nH]c2ccccc12. The van der Waals surface area contributed by atoms with Crippen molar-refractivity contribution in [2.24, 2.45) is 5.10 Å². The van der Waals surface area contributed by atoms with Crippen LogP contribution in [0.25, 0.3) is 10.9 Å². The van der Waals surface area contributed by atoms with Gasteiger partial charge in [-0.2, -0.15) is 5.10 Å². The lowest BCUT2D eigenvalue weighted by molar-refractivity contribution is -0.123. The van der Waals surface area contributed by atoms with Crippen LogP contribution in [0, 0.1) is 13.8 Å². The van der Waals surface area contributed by atoms with Gasteiger partial charge in [-0.05, 0) is 31.0 Å². The molecule has 0 fully saturated rings. The van der Waals surface area contributed by atoms with Gasteiger partial charge in [0.25, 0.3) is 5.91 Å². The summed E-state index contributed by atoms with van der Waals surface area (Å²) in [5, 5.41) is 5.05. The highest BCUT2D eigenvalue weighted by Crippen LogP contribution is 2.22. The number of hydrogen-bond donors (Lipinski definition) is 2. The summed E-state index contributed by atoms with van der Waals surface area (Å²) in [6, 6.07) is 13.8. The Labute approximate surface area is 140 Å². The smallest absolute Gasteiger partial charge is 0.277 e. The second kappa shape index (κ2) is 7.00. The number of hydrogen-bond acceptors (Lipinski definition) is 3. The quantitative estimate of drug-likeness (QED) is 0.559. The molecule has 0 aliphatic heterocycles. The molecule has 3 aromatic rings. The predicted molar refractivity (Wildman–Crippen MR) is 95.4 cm³/mol. The molecule has 5 heteroatoms. The molecule has 0 aliphatic rings. The molecule has 0 saturated heterocycles. The lowest BCUT2D eigenvalue weighted by Crippen LogP contribution is -2.25. The minimum atomic E-state index is -0.297. The Morgan fingerprint density at radius 2 is 1.92 bits per heavy atom. The summed E-state index contributed by atoms with van der Waals surface area (Å²) in [6.45, 7) is 3.84. The first kappa shape index (κ1) is 15.8. The van der Waals surface area contributed by atoms with Gasteiger partial charge < -0.3 is 9.72 Å². The van der Waals surface area contributed by atoms with Crippen molar-refractivity contribution in [2.75, 3.05) is 6.61 Å². The second-order valence-corrected chi connectivity index (χ2v) is 5.59. The zero-order valence-electron chi connectivity index (χ0n) is 13.7. The van der Waals surface area contributed by atoms with E-state index in [1.807, 2.05) is 62.5 Å². The molecule has 0 radical (unpaired) electrons. The van der Waals surface area contributed by atoms with Crippen molar-refractivity contribution in [3.63, 3.8) is 0 Å². The number of rotatable bonds is 5. The average Bonchev–Trinajstić information content (AvgIpc) is 2.98. The summed E-state index contributed by atoms with van der Waals surface area (Å²) in [4.78, 5) is 15.0. The standard InChI is InChI=1S/C19H19N3O2/c1-13-6-5-7-14(2)19(13)24-12-18(23)22-21-11-15-10-20-17-9-4-3-8-16(15)17/h3-11,20H,12H2,1-2H3,(H,22,23). The van der Waals surface area contributed by atoms with Crippen molar-refractivity contribution in [3.05, 3.63) is 65.4 Å². The van der Waals surface area contributed by atoms with Crippen LogP contribution in [0.4, 0.5) is 0 Å². The molecular formula is C19H19N3O2. The van der Waals surface area contributed by atoms with Crippen molar-refractivity contribution >= 4 is 23.0 Å². The van der Waals surface area contributed by atoms with Crippen LogP contribution in [-0.2, 0) is 4.79 Å². The van der Waals surface area contributed by atoms with Crippen molar-refractivity contribution in [1.29, 1.82) is 0 Å². The molecule has 0 spiro atoms. The van der Waals surface area contributed by atoms with Crippen LogP contribution >= 0.6 is 0 Å². The lowest BCUT2D eigenvalue weighted by Gasteiger charge is -2.10. The molecule has 0 unspecified atom stereocenters. The summed E-state index contributed by atoms with van der Waals surface area (Å²) >= 11 is 0. The van der Waals surface area contributed by atoms with E-state index in [-0.39, 0.29) is 12.5 Å². The van der Waals surface area contributed by atoms with E-state index in [4.69, 9.17) is 4.74 Å². The number of aromatic nitrogens is 1. The van der Waals surface area contributed by atoms with Crippen molar-refractivity contribution in [2.45, 2.75) is 13.8 Å². The molecule has 0 atom stereocenters. The Hall–Kier alpha value is -3.08. The third-order valence-electron chi connectivity index (χ3n) is 3.77. The number of para-hydroxylation sites is 2. The highest BCUT2D eigenvalue weighted by atomic mass is 16.5. The first-order valence-electron chi connectivity index (χ1n) is 7.72. The maximum atomic E-state index is 11.9. The number of ether oxygens (including phenoxy) is 1. The Bertz CT molecular complexity index is 876. The number of fused-ring (bicyclic) bond motifs is 1. The molecule has 24 heavy (non-hydrogen) atoms. The molecule has 5 nitrogen and oxygen atoms in total. The fourth-order valence-electron chi connectivity index (χ4n) is 2.57. The molecule has 1 aromatic heterocycles. The highest BCUT2D eigenvalue weighted by molar-refractivity contribution is 5.99. The van der Waals surface area contributed by atoms with Crippen molar-refractivity contribution in [3.8, 4) is 5.75 Å². The second-order valence-electron chi connectivity index (χ2n) is 5.59. The third-order valence-corrected chi connectivity index (χ3v) is 3.77. The maximum Gasteiger partial charge on any atom is 0.277 e. The summed E-state index contributed by atoms with van der Waals surface area (Å²) in [7, 11) is 0. The van der Waals surface area contributed by atoms with E-state index < -0.39 is 0 Å². The monoisotopic (exact) mass is 321 g/mol. The zero-order valence-corrected chi connectivity index (χ0v) is 13.7. The molecule has 1 heterocycles. The van der Waals surface area contributed by atoms with Gasteiger partial charge in [-0.15, -0.1) is 0 Å². The number of aryl methyl sites for hydroxylation is 2. The normalized spacial score (nSPS) is 11.1. The molecular weight excluding hydrogens is 302 g/mol. The number of aromatic amines is 1. The van der Waals surface area contributed by atoms with Gasteiger partial charge in [-0.3, -0.25) is 4.79 Å². The van der Waals surface area contributed by atoms with E-state index in [0.29, 0.717) is 0 Å². The van der Waals surface area contributed by atoms with E-state index in [2.05, 4.69) is 15.5 Å². The van der Waals surface area contributed by atoms with Gasteiger partial charge in [0.15, 0.2) is 6.61 Å². The number of nitrogens with one attached hydrogen (secondary N) is 2. The minimum Gasteiger partial charge on any atom is -0.483 e. The van der Waals surface area contributed by atoms with E-state index >= 15 is 0 Å². The number of carbonyl (C=O) groups is 1. The Morgan fingerprint density at radius 3 is 2.71 bits per heavy atom. The van der Waals surface area contributed by atoms with E-state index in [0.717, 1.165) is 33.3 Å². The third kappa shape index (κ3) is 3.46. The summed E-state index contributed by atoms with van der Waals surface area (Å²) in [6.07, 6.45) is 3.48. The first-order chi connectivity index (χ1) is 11.6. The molecule has 3 rings (SSSR count). The minimum absolute atomic E-state index is 0.0725. The molecule has 0 aliphatic carbocycles. The fraction of sp³-hybridized carbons (Fsp3) is 0.158. The van der Waals surface area contributed by atoms with Gasteiger partial charge in [0.05, 0.1) is 6.21 Å². The summed E-state index contributed by atoms with van der Waals surface area (Å²) < 4.78 is 5.60. The molecule has 0 saturated carbocycles. The van der Waals surface area contributed by atoms with Crippen LogP contribution < -0.4 is 10.2 Å². The summed E-state index contributed by atoms with van der Waals surface area (Å²) in [5.41, 5.74) is 6.45. The molecule has 2 aromatic carbocycles. The van der Waals surface area contributed by atoms with Crippen LogP contribution in [0.3, 0.4) is 0 Å². The average molecular weight is 321 g/mol. The van der Waals surface area contributed by atoms with Gasteiger partial charge in [-0.25, -0.2) is 5.43 Å². The fourth-order valence-corrected chi connectivity index (χ4v) is 2.57. The Morgan fingerprint density at radius 1 is 1.17 bits per heavy atom. The number of carbonyl (C=O) groups excluding carboxylic acids is 1. The van der Waals surface area contributed by atoms with Gasteiger partial charge >= 0.3 is 0 Å². The largest absolute Gasteiger partial charge is 0.483 e. The summed E-state index contributed by atoms with van der Waals surface area (Å²) in [5.74, 6) is 0.446. The van der Waals surface area contributed by atoms with Gasteiger partial charge in [0, 0.05) is 22.7 Å². The zero-order chi connectivity index (χ0) is 16.9. The van der Waals surface area contributed by atoms with Crippen molar-refractivity contribution < 1.29 is 9.53 Å². The van der Waals surface area contributed by atoms with Crippen molar-refractivity contribution in [1.82, 2.24) is 10.4 Å². The lowest BCUT2D eigenvalue weighted by atomic mass is 10.1. The first-order valence-corrected chi connectivity index (χ1v) is 7.72. The Kier molecular flexibility index (Phi) is 4.61. The van der Waals surface area contributed by atoms with Crippen LogP contribution in [-0.4, -0.2) is 23.7 Å². The van der Waals surface area contributed by atoms with Gasteiger partial charge in [-0.1, -0.05) is 36.4 Å². The number of benzene rings is 2. The topological polar surface area (TPSA) is 66.5 Å². The highest BCUT2D eigenvalue weighted by Gasteiger charge is 2.06. The maximum absolute atomic E-state index is 11.9. The van der Waals surface area contributed by atoms with Crippen LogP contribution in [0.1, 0.15) is 16.7 Å². The Balaban J connectivity index is 1.58.